The first-order chi connectivity index (χ1) is 15.7. The highest BCUT2D eigenvalue weighted by Gasteiger charge is 2.09. The van der Waals surface area contributed by atoms with Crippen LogP contribution < -0.4 is 10.1 Å². The summed E-state index contributed by atoms with van der Waals surface area (Å²) in [5, 5.41) is 2.94. The Labute approximate surface area is 185 Å². The van der Waals surface area contributed by atoms with Gasteiger partial charge in [0.1, 0.15) is 17.1 Å². The van der Waals surface area contributed by atoms with Crippen molar-refractivity contribution in [2.45, 2.75) is 6.92 Å². The van der Waals surface area contributed by atoms with Crippen LogP contribution in [0.1, 0.15) is 15.9 Å². The van der Waals surface area contributed by atoms with Crippen LogP contribution in [0, 0.1) is 6.92 Å². The molecule has 0 spiro atoms. The number of carbonyl (C=O) groups excluding carboxylic acids is 1. The van der Waals surface area contributed by atoms with E-state index in [0.29, 0.717) is 11.3 Å². The summed E-state index contributed by atoms with van der Waals surface area (Å²) in [5.74, 6) is 1.26. The van der Waals surface area contributed by atoms with Gasteiger partial charge in [-0.05, 0) is 67.1 Å². The number of amides is 1. The lowest BCUT2D eigenvalue weighted by atomic mass is 10.1. The molecule has 2 heterocycles. The van der Waals surface area contributed by atoms with E-state index >= 15 is 0 Å². The standard InChI is InChI=1S/C27H21N3O2/c1-19-6-5-17-30-18-25(29-26(19)30)20-9-13-22(14-10-20)28-27(31)21-11-15-24(16-12-21)32-23-7-3-2-4-8-23/h2-18H,1H3,(H,28,31). The third-order valence-electron chi connectivity index (χ3n) is 5.21. The number of benzene rings is 3. The monoisotopic (exact) mass is 419 g/mol. The number of nitrogens with one attached hydrogen (secondary N) is 1. The molecule has 0 fully saturated rings. The molecular formula is C27H21N3O2. The molecule has 2 aromatic heterocycles. The van der Waals surface area contributed by atoms with Crippen molar-refractivity contribution < 1.29 is 9.53 Å². The third-order valence-corrected chi connectivity index (χ3v) is 5.21. The van der Waals surface area contributed by atoms with E-state index in [1.54, 1.807) is 24.3 Å². The summed E-state index contributed by atoms with van der Waals surface area (Å²) < 4.78 is 7.80. The average Bonchev–Trinajstić information content (AvgIpc) is 3.27. The van der Waals surface area contributed by atoms with Gasteiger partial charge in [0.2, 0.25) is 0 Å². The number of rotatable bonds is 5. The minimum atomic E-state index is -0.174. The van der Waals surface area contributed by atoms with Crippen LogP contribution in [-0.2, 0) is 0 Å². The molecule has 5 aromatic rings. The second-order valence-electron chi connectivity index (χ2n) is 7.52. The molecule has 0 radical (unpaired) electrons. The molecule has 0 aliphatic carbocycles. The van der Waals surface area contributed by atoms with Crippen LogP contribution in [0.4, 0.5) is 5.69 Å². The van der Waals surface area contributed by atoms with E-state index in [0.717, 1.165) is 33.9 Å². The Morgan fingerprint density at radius 3 is 2.28 bits per heavy atom. The van der Waals surface area contributed by atoms with Crippen LogP contribution in [0.5, 0.6) is 11.5 Å². The van der Waals surface area contributed by atoms with E-state index in [-0.39, 0.29) is 5.91 Å². The number of carbonyl (C=O) groups is 1. The van der Waals surface area contributed by atoms with E-state index < -0.39 is 0 Å². The van der Waals surface area contributed by atoms with E-state index in [1.165, 1.54) is 0 Å². The first kappa shape index (κ1) is 19.6. The molecule has 0 aliphatic heterocycles. The molecular weight excluding hydrogens is 398 g/mol. The van der Waals surface area contributed by atoms with Crippen molar-refractivity contribution in [1.29, 1.82) is 0 Å². The quantitative estimate of drug-likeness (QED) is 0.361. The maximum Gasteiger partial charge on any atom is 0.255 e. The van der Waals surface area contributed by atoms with Gasteiger partial charge in [0.15, 0.2) is 0 Å². The zero-order valence-corrected chi connectivity index (χ0v) is 17.5. The number of hydrogen-bond acceptors (Lipinski definition) is 3. The largest absolute Gasteiger partial charge is 0.457 e. The fourth-order valence-electron chi connectivity index (χ4n) is 3.52. The van der Waals surface area contributed by atoms with Crippen LogP contribution >= 0.6 is 0 Å². The Hall–Kier alpha value is -4.38. The lowest BCUT2D eigenvalue weighted by molar-refractivity contribution is 0.102. The Morgan fingerprint density at radius 1 is 0.844 bits per heavy atom. The highest BCUT2D eigenvalue weighted by atomic mass is 16.5. The van der Waals surface area contributed by atoms with Crippen LogP contribution in [0.25, 0.3) is 16.9 Å². The van der Waals surface area contributed by atoms with Crippen LogP contribution in [-0.4, -0.2) is 15.3 Å². The molecule has 0 saturated carbocycles. The number of imidazole rings is 1. The van der Waals surface area contributed by atoms with Gasteiger partial charge in [-0.25, -0.2) is 4.98 Å². The van der Waals surface area contributed by atoms with Crippen molar-refractivity contribution >= 4 is 17.2 Å². The predicted octanol–water partition coefficient (Wildman–Crippen LogP) is 6.35. The van der Waals surface area contributed by atoms with Gasteiger partial charge in [0.25, 0.3) is 5.91 Å². The number of aromatic nitrogens is 2. The van der Waals surface area contributed by atoms with Crippen molar-refractivity contribution in [3.8, 4) is 22.8 Å². The minimum absolute atomic E-state index is 0.174. The molecule has 0 atom stereocenters. The molecule has 0 bridgehead atoms. The van der Waals surface area contributed by atoms with E-state index in [9.17, 15) is 4.79 Å². The molecule has 1 N–H and O–H groups in total. The fourth-order valence-corrected chi connectivity index (χ4v) is 3.52. The van der Waals surface area contributed by atoms with Crippen LogP contribution in [0.3, 0.4) is 0 Å². The predicted molar refractivity (Wildman–Crippen MR) is 126 cm³/mol. The molecule has 156 valence electrons. The van der Waals surface area contributed by atoms with Gasteiger partial charge in [-0.2, -0.15) is 0 Å². The normalized spacial score (nSPS) is 10.8. The Kier molecular flexibility index (Phi) is 5.14. The molecule has 5 heteroatoms. The minimum Gasteiger partial charge on any atom is -0.457 e. The van der Waals surface area contributed by atoms with Crippen molar-refractivity contribution in [2.24, 2.45) is 0 Å². The number of para-hydroxylation sites is 1. The number of anilines is 1. The van der Waals surface area contributed by atoms with Gasteiger partial charge in [0, 0.05) is 29.2 Å². The number of hydrogen-bond donors (Lipinski definition) is 1. The first-order valence-corrected chi connectivity index (χ1v) is 10.3. The van der Waals surface area contributed by atoms with Crippen molar-refractivity contribution in [2.75, 3.05) is 5.32 Å². The highest BCUT2D eigenvalue weighted by Crippen LogP contribution is 2.24. The van der Waals surface area contributed by atoms with E-state index in [2.05, 4.69) is 5.32 Å². The summed E-state index contributed by atoms with van der Waals surface area (Å²) in [5.41, 5.74) is 5.25. The van der Waals surface area contributed by atoms with E-state index in [1.807, 2.05) is 90.4 Å². The van der Waals surface area contributed by atoms with Gasteiger partial charge in [0.05, 0.1) is 5.69 Å². The van der Waals surface area contributed by atoms with Crippen molar-refractivity contribution in [3.63, 3.8) is 0 Å². The Balaban J connectivity index is 1.26. The molecule has 5 nitrogen and oxygen atoms in total. The second-order valence-corrected chi connectivity index (χ2v) is 7.52. The summed E-state index contributed by atoms with van der Waals surface area (Å²) in [6, 6.07) is 28.4. The summed E-state index contributed by atoms with van der Waals surface area (Å²) in [4.78, 5) is 17.3. The first-order valence-electron chi connectivity index (χ1n) is 10.3. The van der Waals surface area contributed by atoms with Crippen molar-refractivity contribution in [3.05, 3.63) is 115 Å². The lowest BCUT2D eigenvalue weighted by Crippen LogP contribution is -2.11. The molecule has 5 rings (SSSR count). The molecule has 0 aliphatic rings. The van der Waals surface area contributed by atoms with Gasteiger partial charge in [-0.1, -0.05) is 36.4 Å². The van der Waals surface area contributed by atoms with Gasteiger partial charge in [-0.15, -0.1) is 0 Å². The average molecular weight is 419 g/mol. The maximum absolute atomic E-state index is 12.6. The molecule has 0 unspecified atom stereocenters. The zero-order chi connectivity index (χ0) is 21.9. The summed E-state index contributed by atoms with van der Waals surface area (Å²) in [6.45, 7) is 2.05. The number of nitrogens with zero attached hydrogens (tertiary/aromatic N) is 2. The maximum atomic E-state index is 12.6. The fraction of sp³-hybridized carbons (Fsp3) is 0.0370. The zero-order valence-electron chi connectivity index (χ0n) is 17.5. The Bertz CT molecular complexity index is 1370. The SMILES string of the molecule is Cc1cccn2cc(-c3ccc(NC(=O)c4ccc(Oc5ccccc5)cc4)cc3)nc12. The lowest BCUT2D eigenvalue weighted by Gasteiger charge is -2.08. The Morgan fingerprint density at radius 2 is 1.56 bits per heavy atom. The van der Waals surface area contributed by atoms with Crippen LogP contribution in [0.15, 0.2) is 103 Å². The van der Waals surface area contributed by atoms with Crippen LogP contribution in [0.2, 0.25) is 0 Å². The molecule has 1 amide bonds. The number of aryl methyl sites for hydroxylation is 1. The second kappa shape index (κ2) is 8.40. The van der Waals surface area contributed by atoms with E-state index in [4.69, 9.17) is 9.72 Å². The molecule has 32 heavy (non-hydrogen) atoms. The summed E-state index contributed by atoms with van der Waals surface area (Å²) >= 11 is 0. The summed E-state index contributed by atoms with van der Waals surface area (Å²) in [6.07, 6.45) is 4.00. The summed E-state index contributed by atoms with van der Waals surface area (Å²) in [7, 11) is 0. The number of ether oxygens (including phenoxy) is 1. The molecule has 0 saturated heterocycles. The van der Waals surface area contributed by atoms with Gasteiger partial charge >= 0.3 is 0 Å². The van der Waals surface area contributed by atoms with Gasteiger partial charge in [-0.3, -0.25) is 4.79 Å². The molecule has 3 aromatic carbocycles. The topological polar surface area (TPSA) is 55.6 Å². The van der Waals surface area contributed by atoms with Gasteiger partial charge < -0.3 is 14.5 Å². The highest BCUT2D eigenvalue weighted by molar-refractivity contribution is 6.04. The number of fused-ring (bicyclic) bond motifs is 1. The smallest absolute Gasteiger partial charge is 0.255 e. The third kappa shape index (κ3) is 4.09. The van der Waals surface area contributed by atoms with Crippen molar-refractivity contribution in [1.82, 2.24) is 9.38 Å². The number of pyridine rings is 1.